The van der Waals surface area contributed by atoms with E-state index in [1.807, 2.05) is 18.2 Å². The highest BCUT2D eigenvalue weighted by atomic mass is 35.5. The summed E-state index contributed by atoms with van der Waals surface area (Å²) in [4.78, 5) is 1.42. The Morgan fingerprint density at radius 2 is 2.11 bits per heavy atom. The van der Waals surface area contributed by atoms with Gasteiger partial charge < -0.3 is 5.32 Å². The third kappa shape index (κ3) is 2.25. The van der Waals surface area contributed by atoms with E-state index in [1.54, 1.807) is 11.3 Å². The summed E-state index contributed by atoms with van der Waals surface area (Å²) >= 11 is 13.7. The van der Waals surface area contributed by atoms with Gasteiger partial charge in [0.2, 0.25) is 0 Å². The van der Waals surface area contributed by atoms with Crippen LogP contribution in [-0.4, -0.2) is 0 Å². The molecule has 4 heteroatoms. The van der Waals surface area contributed by atoms with Crippen molar-refractivity contribution in [3.63, 3.8) is 0 Å². The van der Waals surface area contributed by atoms with Crippen LogP contribution in [0.15, 0.2) is 24.3 Å². The van der Waals surface area contributed by atoms with E-state index in [2.05, 4.69) is 18.3 Å². The molecule has 18 heavy (non-hydrogen) atoms. The number of fused-ring (bicyclic) bond motifs is 1. The topological polar surface area (TPSA) is 12.0 Å². The van der Waals surface area contributed by atoms with Crippen LogP contribution in [0.1, 0.15) is 28.5 Å². The first-order chi connectivity index (χ1) is 8.63. The van der Waals surface area contributed by atoms with Gasteiger partial charge in [-0.15, -0.1) is 11.3 Å². The summed E-state index contributed by atoms with van der Waals surface area (Å²) in [6, 6.07) is 8.43. The largest absolute Gasteiger partial charge is 0.378 e. The molecular weight excluding hydrogens is 285 g/mol. The van der Waals surface area contributed by atoms with E-state index in [9.17, 15) is 0 Å². The molecule has 0 fully saturated rings. The quantitative estimate of drug-likeness (QED) is 0.776. The minimum atomic E-state index is 0.378. The SMILES string of the molecule is Cc1cc(Cl)ccc1NC1CCc2sc(Cl)cc21. The monoisotopic (exact) mass is 297 g/mol. The summed E-state index contributed by atoms with van der Waals surface area (Å²) in [5.41, 5.74) is 3.69. The van der Waals surface area contributed by atoms with Crippen LogP contribution < -0.4 is 5.32 Å². The van der Waals surface area contributed by atoms with Gasteiger partial charge >= 0.3 is 0 Å². The molecule has 1 aromatic carbocycles. The molecule has 1 aliphatic carbocycles. The third-order valence-corrected chi connectivity index (χ3v) is 4.94. The first-order valence-electron chi connectivity index (χ1n) is 5.94. The van der Waals surface area contributed by atoms with Gasteiger partial charge in [-0.2, -0.15) is 0 Å². The molecule has 0 saturated carbocycles. The summed E-state index contributed by atoms with van der Waals surface area (Å²) in [6.07, 6.45) is 2.26. The van der Waals surface area contributed by atoms with Crippen LogP contribution in [0.25, 0.3) is 0 Å². The minimum absolute atomic E-state index is 0.378. The smallest absolute Gasteiger partial charge is 0.0934 e. The summed E-state index contributed by atoms with van der Waals surface area (Å²) in [5, 5.41) is 4.38. The van der Waals surface area contributed by atoms with Crippen molar-refractivity contribution in [1.82, 2.24) is 0 Å². The number of rotatable bonds is 2. The second kappa shape index (κ2) is 4.76. The van der Waals surface area contributed by atoms with Crippen molar-refractivity contribution in [1.29, 1.82) is 0 Å². The van der Waals surface area contributed by atoms with Crippen molar-refractivity contribution in [2.75, 3.05) is 5.32 Å². The Kier molecular flexibility index (Phi) is 3.27. The van der Waals surface area contributed by atoms with E-state index in [-0.39, 0.29) is 0 Å². The number of aryl methyl sites for hydroxylation is 2. The lowest BCUT2D eigenvalue weighted by Crippen LogP contribution is -2.07. The number of hydrogen-bond acceptors (Lipinski definition) is 2. The highest BCUT2D eigenvalue weighted by Gasteiger charge is 2.25. The number of hydrogen-bond donors (Lipinski definition) is 1. The van der Waals surface area contributed by atoms with E-state index < -0.39 is 0 Å². The predicted molar refractivity (Wildman–Crippen MR) is 80.2 cm³/mol. The molecule has 1 aliphatic rings. The molecule has 1 atom stereocenters. The highest BCUT2D eigenvalue weighted by Crippen LogP contribution is 2.41. The fraction of sp³-hybridized carbons (Fsp3) is 0.286. The van der Waals surface area contributed by atoms with E-state index in [1.165, 1.54) is 16.0 Å². The maximum atomic E-state index is 6.07. The van der Waals surface area contributed by atoms with Crippen LogP contribution in [0.4, 0.5) is 5.69 Å². The Hall–Kier alpha value is -0.700. The molecule has 0 aliphatic heterocycles. The number of anilines is 1. The molecule has 2 aromatic rings. The number of benzene rings is 1. The zero-order valence-corrected chi connectivity index (χ0v) is 12.3. The average molecular weight is 298 g/mol. The van der Waals surface area contributed by atoms with Gasteiger partial charge in [0.1, 0.15) is 0 Å². The second-order valence-electron chi connectivity index (χ2n) is 4.62. The molecule has 0 radical (unpaired) electrons. The van der Waals surface area contributed by atoms with E-state index in [0.29, 0.717) is 6.04 Å². The Morgan fingerprint density at radius 3 is 2.89 bits per heavy atom. The second-order valence-corrected chi connectivity index (χ2v) is 6.83. The fourth-order valence-electron chi connectivity index (χ4n) is 2.46. The molecule has 0 spiro atoms. The predicted octanol–water partition coefficient (Wildman–Crippen LogP) is 5.46. The molecule has 1 aromatic heterocycles. The van der Waals surface area contributed by atoms with Gasteiger partial charge in [-0.1, -0.05) is 23.2 Å². The average Bonchev–Trinajstić information content (AvgIpc) is 2.83. The van der Waals surface area contributed by atoms with E-state index >= 15 is 0 Å². The lowest BCUT2D eigenvalue weighted by atomic mass is 10.1. The van der Waals surface area contributed by atoms with Crippen molar-refractivity contribution < 1.29 is 0 Å². The summed E-state index contributed by atoms with van der Waals surface area (Å²) in [6.45, 7) is 2.07. The van der Waals surface area contributed by atoms with Crippen molar-refractivity contribution in [3.8, 4) is 0 Å². The lowest BCUT2D eigenvalue weighted by molar-refractivity contribution is 0.761. The van der Waals surface area contributed by atoms with Gasteiger partial charge in [0, 0.05) is 15.6 Å². The van der Waals surface area contributed by atoms with E-state index in [0.717, 1.165) is 27.9 Å². The van der Waals surface area contributed by atoms with Gasteiger partial charge in [-0.25, -0.2) is 0 Å². The number of halogens is 2. The number of thiophene rings is 1. The van der Waals surface area contributed by atoms with Gasteiger partial charge in [-0.05, 0) is 55.2 Å². The normalized spacial score (nSPS) is 17.8. The van der Waals surface area contributed by atoms with Gasteiger partial charge in [0.05, 0.1) is 10.4 Å². The summed E-state index contributed by atoms with van der Waals surface area (Å²) in [7, 11) is 0. The lowest BCUT2D eigenvalue weighted by Gasteiger charge is -2.16. The van der Waals surface area contributed by atoms with Crippen molar-refractivity contribution in [2.24, 2.45) is 0 Å². The molecular formula is C14H13Cl2NS. The fourth-order valence-corrected chi connectivity index (χ4v) is 4.04. The van der Waals surface area contributed by atoms with Gasteiger partial charge in [0.15, 0.2) is 0 Å². The molecule has 0 bridgehead atoms. The van der Waals surface area contributed by atoms with Gasteiger partial charge in [-0.3, -0.25) is 0 Å². The molecule has 1 unspecified atom stereocenters. The molecule has 3 rings (SSSR count). The molecule has 0 saturated heterocycles. The zero-order chi connectivity index (χ0) is 12.7. The minimum Gasteiger partial charge on any atom is -0.378 e. The molecule has 94 valence electrons. The van der Waals surface area contributed by atoms with Crippen molar-refractivity contribution in [3.05, 3.63) is 49.6 Å². The maximum Gasteiger partial charge on any atom is 0.0934 e. The van der Waals surface area contributed by atoms with Gasteiger partial charge in [0.25, 0.3) is 0 Å². The Labute approximate surface area is 121 Å². The van der Waals surface area contributed by atoms with E-state index in [4.69, 9.17) is 23.2 Å². The Morgan fingerprint density at radius 1 is 1.28 bits per heavy atom. The molecule has 1 nitrogen and oxygen atoms in total. The third-order valence-electron chi connectivity index (χ3n) is 3.37. The Balaban J connectivity index is 1.85. The zero-order valence-electron chi connectivity index (χ0n) is 9.97. The molecule has 1 heterocycles. The standard InChI is InChI=1S/C14H13Cl2NS/c1-8-6-9(15)2-3-11(8)17-12-4-5-13-10(12)7-14(16)18-13/h2-3,6-7,12,17H,4-5H2,1H3. The first kappa shape index (κ1) is 12.3. The van der Waals surface area contributed by atoms with Crippen molar-refractivity contribution >= 4 is 40.2 Å². The van der Waals surface area contributed by atoms with Crippen LogP contribution >= 0.6 is 34.5 Å². The van der Waals surface area contributed by atoms with Crippen LogP contribution in [0.3, 0.4) is 0 Å². The van der Waals surface area contributed by atoms with Crippen LogP contribution in [0.5, 0.6) is 0 Å². The van der Waals surface area contributed by atoms with Crippen LogP contribution in [0.2, 0.25) is 9.36 Å². The van der Waals surface area contributed by atoms with Crippen molar-refractivity contribution in [2.45, 2.75) is 25.8 Å². The van der Waals surface area contributed by atoms with Crippen LogP contribution in [0, 0.1) is 6.92 Å². The molecule has 0 amide bonds. The summed E-state index contributed by atoms with van der Waals surface area (Å²) in [5.74, 6) is 0. The maximum absolute atomic E-state index is 6.07. The Bertz CT molecular complexity index is 591. The highest BCUT2D eigenvalue weighted by molar-refractivity contribution is 7.16. The molecule has 1 N–H and O–H groups in total. The number of nitrogens with one attached hydrogen (secondary N) is 1. The first-order valence-corrected chi connectivity index (χ1v) is 7.51. The van der Waals surface area contributed by atoms with Crippen LogP contribution in [-0.2, 0) is 6.42 Å². The summed E-state index contributed by atoms with van der Waals surface area (Å²) < 4.78 is 0.888.